The Kier molecular flexibility index (Phi) is 5.34. The van der Waals surface area contributed by atoms with E-state index in [2.05, 4.69) is 14.7 Å². The molecule has 2 aromatic rings. The van der Waals surface area contributed by atoms with Gasteiger partial charge in [0.1, 0.15) is 18.0 Å². The van der Waals surface area contributed by atoms with Crippen molar-refractivity contribution in [1.82, 2.24) is 9.97 Å². The second-order valence-corrected chi connectivity index (χ2v) is 6.01. The Morgan fingerprint density at radius 1 is 1.14 bits per heavy atom. The molecule has 0 bridgehead atoms. The molecule has 0 amide bonds. The Balaban J connectivity index is 0.00000220. The topological polar surface area (TPSA) is 101 Å². The molecule has 7 nitrogen and oxygen atoms in total. The minimum atomic E-state index is -3.69. The first-order valence-electron chi connectivity index (χ1n) is 5.76. The Labute approximate surface area is 129 Å². The van der Waals surface area contributed by atoms with Crippen LogP contribution in [0.2, 0.25) is 0 Å². The molecule has 0 fully saturated rings. The Morgan fingerprint density at radius 2 is 1.76 bits per heavy atom. The van der Waals surface area contributed by atoms with Gasteiger partial charge in [0.05, 0.1) is 4.90 Å². The molecule has 9 heteroatoms. The quantitative estimate of drug-likeness (QED) is 0.821. The maximum atomic E-state index is 12.2. The zero-order valence-corrected chi connectivity index (χ0v) is 13.1. The van der Waals surface area contributed by atoms with E-state index >= 15 is 0 Å². The first-order valence-corrected chi connectivity index (χ1v) is 7.24. The van der Waals surface area contributed by atoms with Crippen LogP contribution in [0.5, 0.6) is 0 Å². The number of sulfonamides is 1. The van der Waals surface area contributed by atoms with E-state index in [1.807, 2.05) is 0 Å². The van der Waals surface area contributed by atoms with Gasteiger partial charge in [-0.25, -0.2) is 18.4 Å². The van der Waals surface area contributed by atoms with Crippen LogP contribution < -0.4 is 15.4 Å². The molecule has 2 rings (SSSR count). The van der Waals surface area contributed by atoms with Gasteiger partial charge in [0.15, 0.2) is 0 Å². The van der Waals surface area contributed by atoms with E-state index < -0.39 is 10.0 Å². The van der Waals surface area contributed by atoms with Gasteiger partial charge < -0.3 is 10.6 Å². The molecule has 1 heterocycles. The van der Waals surface area contributed by atoms with Crippen LogP contribution >= 0.6 is 12.4 Å². The predicted octanol–water partition coefficient (Wildman–Crippen LogP) is 1.35. The number of nitrogen functional groups attached to an aromatic ring is 1. The average Bonchev–Trinajstić information content (AvgIpc) is 2.39. The van der Waals surface area contributed by atoms with Crippen molar-refractivity contribution >= 4 is 39.8 Å². The molecule has 0 aliphatic heterocycles. The number of nitrogens with zero attached hydrogens (tertiary/aromatic N) is 3. The SMILES string of the molecule is CN(C)c1cc(NS(=O)(=O)c2ccc(N)cc2)ncn1.Cl. The predicted molar refractivity (Wildman–Crippen MR) is 85.3 cm³/mol. The van der Waals surface area contributed by atoms with Gasteiger partial charge in [-0.2, -0.15) is 0 Å². The minimum absolute atomic E-state index is 0. The largest absolute Gasteiger partial charge is 0.399 e. The fraction of sp³-hybridized carbons (Fsp3) is 0.167. The van der Waals surface area contributed by atoms with Crippen molar-refractivity contribution in [2.45, 2.75) is 4.90 Å². The second-order valence-electron chi connectivity index (χ2n) is 4.33. The van der Waals surface area contributed by atoms with E-state index in [0.717, 1.165) is 0 Å². The lowest BCUT2D eigenvalue weighted by atomic mass is 10.3. The van der Waals surface area contributed by atoms with E-state index in [1.165, 1.54) is 30.6 Å². The van der Waals surface area contributed by atoms with Gasteiger partial charge in [0.25, 0.3) is 10.0 Å². The van der Waals surface area contributed by atoms with Crippen LogP contribution in [0.1, 0.15) is 0 Å². The molecular formula is C12H16ClN5O2S. The van der Waals surface area contributed by atoms with Gasteiger partial charge in [0.2, 0.25) is 0 Å². The van der Waals surface area contributed by atoms with Crippen LogP contribution in [0.15, 0.2) is 41.6 Å². The molecule has 114 valence electrons. The van der Waals surface area contributed by atoms with Gasteiger partial charge in [-0.1, -0.05) is 0 Å². The molecule has 21 heavy (non-hydrogen) atoms. The fourth-order valence-corrected chi connectivity index (χ4v) is 2.49. The highest BCUT2D eigenvalue weighted by molar-refractivity contribution is 7.92. The molecule has 0 unspecified atom stereocenters. The first kappa shape index (κ1) is 17.0. The molecule has 0 atom stereocenters. The van der Waals surface area contributed by atoms with Crippen LogP contribution in [-0.2, 0) is 10.0 Å². The van der Waals surface area contributed by atoms with Crippen molar-refractivity contribution in [2.24, 2.45) is 0 Å². The maximum absolute atomic E-state index is 12.2. The van der Waals surface area contributed by atoms with Crippen molar-refractivity contribution in [3.8, 4) is 0 Å². The van der Waals surface area contributed by atoms with E-state index in [1.54, 1.807) is 25.1 Å². The van der Waals surface area contributed by atoms with Gasteiger partial charge >= 0.3 is 0 Å². The molecule has 0 aliphatic carbocycles. The molecule has 3 N–H and O–H groups in total. The third kappa shape index (κ3) is 4.20. The van der Waals surface area contributed by atoms with E-state index in [-0.39, 0.29) is 23.1 Å². The summed E-state index contributed by atoms with van der Waals surface area (Å²) in [5.41, 5.74) is 6.04. The molecular weight excluding hydrogens is 314 g/mol. The molecule has 0 aliphatic rings. The number of hydrogen-bond donors (Lipinski definition) is 2. The molecule has 0 saturated heterocycles. The third-order valence-electron chi connectivity index (χ3n) is 2.54. The lowest BCUT2D eigenvalue weighted by Gasteiger charge is -2.12. The lowest BCUT2D eigenvalue weighted by Crippen LogP contribution is -2.16. The van der Waals surface area contributed by atoms with E-state index in [0.29, 0.717) is 11.5 Å². The number of halogens is 1. The first-order chi connectivity index (χ1) is 9.38. The summed E-state index contributed by atoms with van der Waals surface area (Å²) in [6.07, 6.45) is 1.30. The van der Waals surface area contributed by atoms with Crippen molar-refractivity contribution in [3.05, 3.63) is 36.7 Å². The van der Waals surface area contributed by atoms with Gasteiger partial charge in [-0.15, -0.1) is 12.4 Å². The van der Waals surface area contributed by atoms with Crippen LogP contribution in [0.4, 0.5) is 17.3 Å². The minimum Gasteiger partial charge on any atom is -0.399 e. The number of nitrogens with one attached hydrogen (secondary N) is 1. The van der Waals surface area contributed by atoms with Crippen molar-refractivity contribution < 1.29 is 8.42 Å². The van der Waals surface area contributed by atoms with Crippen LogP contribution in [0, 0.1) is 0 Å². The molecule has 0 spiro atoms. The zero-order chi connectivity index (χ0) is 14.8. The summed E-state index contributed by atoms with van der Waals surface area (Å²) in [6.45, 7) is 0. The Bertz CT molecular complexity index is 704. The number of rotatable bonds is 4. The summed E-state index contributed by atoms with van der Waals surface area (Å²) in [5.74, 6) is 0.815. The summed E-state index contributed by atoms with van der Waals surface area (Å²) >= 11 is 0. The fourth-order valence-electron chi connectivity index (χ4n) is 1.49. The van der Waals surface area contributed by atoms with E-state index in [4.69, 9.17) is 5.73 Å². The Morgan fingerprint density at radius 3 is 2.33 bits per heavy atom. The smallest absolute Gasteiger partial charge is 0.263 e. The third-order valence-corrected chi connectivity index (χ3v) is 3.91. The number of nitrogens with two attached hydrogens (primary N) is 1. The standard InChI is InChI=1S/C12H15N5O2S.ClH/c1-17(2)12-7-11(14-8-15-12)16-20(18,19)10-5-3-9(13)4-6-10;/h3-8H,13H2,1-2H3,(H,14,15,16);1H. The molecule has 0 saturated carbocycles. The van der Waals surface area contributed by atoms with Gasteiger partial charge in [0, 0.05) is 25.8 Å². The van der Waals surface area contributed by atoms with E-state index in [9.17, 15) is 8.42 Å². The lowest BCUT2D eigenvalue weighted by molar-refractivity contribution is 0.601. The number of anilines is 3. The molecule has 0 radical (unpaired) electrons. The second kappa shape index (κ2) is 6.59. The highest BCUT2D eigenvalue weighted by Crippen LogP contribution is 2.17. The summed E-state index contributed by atoms with van der Waals surface area (Å²) in [7, 11) is -0.0746. The zero-order valence-electron chi connectivity index (χ0n) is 11.5. The normalized spacial score (nSPS) is 10.6. The van der Waals surface area contributed by atoms with Gasteiger partial charge in [-0.05, 0) is 24.3 Å². The van der Waals surface area contributed by atoms with Crippen LogP contribution in [-0.4, -0.2) is 32.5 Å². The summed E-state index contributed by atoms with van der Waals surface area (Å²) in [6, 6.07) is 7.48. The summed E-state index contributed by atoms with van der Waals surface area (Å²) in [5, 5.41) is 0. The molecule has 1 aromatic carbocycles. The average molecular weight is 330 g/mol. The molecule has 1 aromatic heterocycles. The number of benzene rings is 1. The number of hydrogen-bond acceptors (Lipinski definition) is 6. The highest BCUT2D eigenvalue weighted by atomic mass is 35.5. The number of aromatic nitrogens is 2. The van der Waals surface area contributed by atoms with Crippen molar-refractivity contribution in [2.75, 3.05) is 29.5 Å². The van der Waals surface area contributed by atoms with Crippen molar-refractivity contribution in [3.63, 3.8) is 0 Å². The van der Waals surface area contributed by atoms with Crippen molar-refractivity contribution in [1.29, 1.82) is 0 Å². The van der Waals surface area contributed by atoms with Crippen LogP contribution in [0.25, 0.3) is 0 Å². The van der Waals surface area contributed by atoms with Crippen LogP contribution in [0.3, 0.4) is 0 Å². The highest BCUT2D eigenvalue weighted by Gasteiger charge is 2.15. The summed E-state index contributed by atoms with van der Waals surface area (Å²) in [4.78, 5) is 9.79. The maximum Gasteiger partial charge on any atom is 0.263 e. The monoisotopic (exact) mass is 329 g/mol. The Hall–Kier alpha value is -2.06. The van der Waals surface area contributed by atoms with Gasteiger partial charge in [-0.3, -0.25) is 4.72 Å². The summed E-state index contributed by atoms with van der Waals surface area (Å²) < 4.78 is 26.7.